The summed E-state index contributed by atoms with van der Waals surface area (Å²) in [7, 11) is 1.80. The lowest BCUT2D eigenvalue weighted by atomic mass is 10.0. The molecule has 0 atom stereocenters. The van der Waals surface area contributed by atoms with E-state index in [0.717, 1.165) is 5.56 Å². The van der Waals surface area contributed by atoms with Crippen LogP contribution in [-0.4, -0.2) is 43.7 Å². The minimum atomic E-state index is -3.30. The summed E-state index contributed by atoms with van der Waals surface area (Å²) in [5.74, 6) is -3.85. The Balaban J connectivity index is 2.71. The summed E-state index contributed by atoms with van der Waals surface area (Å²) in [5, 5.41) is 13.5. The van der Waals surface area contributed by atoms with Gasteiger partial charge in [0.25, 0.3) is 11.8 Å². The van der Waals surface area contributed by atoms with Crippen molar-refractivity contribution in [1.29, 1.82) is 0 Å². The lowest BCUT2D eigenvalue weighted by Crippen LogP contribution is -2.39. The van der Waals surface area contributed by atoms with Crippen LogP contribution in [0.3, 0.4) is 0 Å². The van der Waals surface area contributed by atoms with E-state index in [2.05, 4.69) is 10.6 Å². The lowest BCUT2D eigenvalue weighted by Gasteiger charge is -2.15. The van der Waals surface area contributed by atoms with E-state index in [1.807, 2.05) is 0 Å². The Morgan fingerprint density at radius 3 is 2.68 bits per heavy atom. The standard InChI is InChI=1S/C13H18F2N2O2/c1-16-7-6-10-4-2-3-5-11(10)12(19)17-8-13(14,15)9-18/h2-5,16,18H,6-9H2,1H3,(H,17,19). The van der Waals surface area contributed by atoms with Crippen molar-refractivity contribution in [3.63, 3.8) is 0 Å². The maximum atomic E-state index is 12.9. The Kier molecular flexibility index (Phi) is 5.85. The molecule has 0 bridgehead atoms. The van der Waals surface area contributed by atoms with Crippen LogP contribution in [0.1, 0.15) is 15.9 Å². The number of aliphatic hydroxyl groups is 1. The number of nitrogens with one attached hydrogen (secondary N) is 2. The number of carbonyl (C=O) groups is 1. The molecule has 1 rings (SSSR count). The molecular formula is C13H18F2N2O2. The summed E-state index contributed by atoms with van der Waals surface area (Å²) >= 11 is 0. The normalized spacial score (nSPS) is 11.4. The van der Waals surface area contributed by atoms with Crippen LogP contribution in [0.5, 0.6) is 0 Å². The topological polar surface area (TPSA) is 61.4 Å². The van der Waals surface area contributed by atoms with Crippen LogP contribution in [0.15, 0.2) is 24.3 Å². The molecule has 0 saturated carbocycles. The first-order valence-corrected chi connectivity index (χ1v) is 5.99. The number of hydrogen-bond acceptors (Lipinski definition) is 3. The Labute approximate surface area is 110 Å². The molecule has 3 N–H and O–H groups in total. The first-order chi connectivity index (χ1) is 9.00. The minimum absolute atomic E-state index is 0.381. The molecule has 0 fully saturated rings. The summed E-state index contributed by atoms with van der Waals surface area (Å²) in [6.45, 7) is -1.46. The van der Waals surface area contributed by atoms with Gasteiger partial charge in [-0.2, -0.15) is 0 Å². The molecule has 0 spiro atoms. The molecule has 0 aliphatic heterocycles. The third-order valence-corrected chi connectivity index (χ3v) is 2.65. The molecule has 0 heterocycles. The van der Waals surface area contributed by atoms with Crippen LogP contribution < -0.4 is 10.6 Å². The van der Waals surface area contributed by atoms with Gasteiger partial charge in [-0.25, -0.2) is 8.78 Å². The largest absolute Gasteiger partial charge is 0.390 e. The van der Waals surface area contributed by atoms with Gasteiger partial charge in [0.1, 0.15) is 6.61 Å². The van der Waals surface area contributed by atoms with Crippen molar-refractivity contribution in [2.24, 2.45) is 0 Å². The molecule has 0 aliphatic carbocycles. The molecule has 1 aromatic rings. The highest BCUT2D eigenvalue weighted by atomic mass is 19.3. The molecule has 1 aromatic carbocycles. The van der Waals surface area contributed by atoms with Gasteiger partial charge in [0, 0.05) is 5.56 Å². The number of carbonyl (C=O) groups excluding carboxylic acids is 1. The minimum Gasteiger partial charge on any atom is -0.390 e. The number of alkyl halides is 2. The fraction of sp³-hybridized carbons (Fsp3) is 0.462. The highest BCUT2D eigenvalue weighted by Gasteiger charge is 2.28. The van der Waals surface area contributed by atoms with E-state index in [4.69, 9.17) is 5.11 Å². The number of benzene rings is 1. The van der Waals surface area contributed by atoms with E-state index in [1.54, 1.807) is 31.3 Å². The van der Waals surface area contributed by atoms with Gasteiger partial charge in [0.05, 0.1) is 6.54 Å². The number of hydrogen-bond donors (Lipinski definition) is 3. The van der Waals surface area contributed by atoms with Gasteiger partial charge in [-0.05, 0) is 31.6 Å². The number of halogens is 2. The molecule has 4 nitrogen and oxygen atoms in total. The van der Waals surface area contributed by atoms with Crippen LogP contribution in [0, 0.1) is 0 Å². The third-order valence-electron chi connectivity index (χ3n) is 2.65. The quantitative estimate of drug-likeness (QED) is 0.688. The van der Waals surface area contributed by atoms with Crippen molar-refractivity contribution < 1.29 is 18.7 Å². The Morgan fingerprint density at radius 1 is 1.37 bits per heavy atom. The van der Waals surface area contributed by atoms with Gasteiger partial charge < -0.3 is 15.7 Å². The molecule has 6 heteroatoms. The molecule has 0 aliphatic rings. The molecular weight excluding hydrogens is 254 g/mol. The predicted octanol–water partition coefficient (Wildman–Crippen LogP) is 0.806. The molecule has 106 valence electrons. The molecule has 0 radical (unpaired) electrons. The van der Waals surface area contributed by atoms with Crippen molar-refractivity contribution in [3.8, 4) is 0 Å². The van der Waals surface area contributed by atoms with E-state index < -0.39 is 25.0 Å². The SMILES string of the molecule is CNCCc1ccccc1C(=O)NCC(F)(F)CO. The number of aliphatic hydroxyl groups excluding tert-OH is 1. The van der Waals surface area contributed by atoms with Crippen molar-refractivity contribution in [2.75, 3.05) is 26.7 Å². The molecule has 19 heavy (non-hydrogen) atoms. The predicted molar refractivity (Wildman–Crippen MR) is 68.4 cm³/mol. The molecule has 0 unspecified atom stereocenters. The number of rotatable bonds is 7. The van der Waals surface area contributed by atoms with E-state index in [-0.39, 0.29) is 0 Å². The van der Waals surface area contributed by atoms with E-state index in [0.29, 0.717) is 18.5 Å². The average molecular weight is 272 g/mol. The summed E-state index contributed by atoms with van der Waals surface area (Å²) in [4.78, 5) is 11.8. The summed E-state index contributed by atoms with van der Waals surface area (Å²) in [5.41, 5.74) is 1.17. The van der Waals surface area contributed by atoms with Gasteiger partial charge in [0.2, 0.25) is 0 Å². The first-order valence-electron chi connectivity index (χ1n) is 5.99. The maximum absolute atomic E-state index is 12.9. The zero-order valence-corrected chi connectivity index (χ0v) is 10.7. The number of likely N-dealkylation sites (N-methyl/N-ethyl adjacent to an activating group) is 1. The van der Waals surface area contributed by atoms with Crippen LogP contribution in [0.2, 0.25) is 0 Å². The van der Waals surface area contributed by atoms with Crippen molar-refractivity contribution in [1.82, 2.24) is 10.6 Å². The van der Waals surface area contributed by atoms with Crippen molar-refractivity contribution in [3.05, 3.63) is 35.4 Å². The second-order valence-corrected chi connectivity index (χ2v) is 4.21. The fourth-order valence-electron chi connectivity index (χ4n) is 1.58. The zero-order chi connectivity index (χ0) is 14.3. The van der Waals surface area contributed by atoms with Gasteiger partial charge in [-0.3, -0.25) is 4.79 Å². The van der Waals surface area contributed by atoms with Crippen LogP contribution >= 0.6 is 0 Å². The van der Waals surface area contributed by atoms with E-state index in [9.17, 15) is 13.6 Å². The van der Waals surface area contributed by atoms with Gasteiger partial charge >= 0.3 is 0 Å². The van der Waals surface area contributed by atoms with Crippen molar-refractivity contribution in [2.45, 2.75) is 12.3 Å². The van der Waals surface area contributed by atoms with Crippen LogP contribution in [0.4, 0.5) is 8.78 Å². The smallest absolute Gasteiger partial charge is 0.287 e. The van der Waals surface area contributed by atoms with E-state index in [1.165, 1.54) is 0 Å². The van der Waals surface area contributed by atoms with Crippen molar-refractivity contribution >= 4 is 5.91 Å². The maximum Gasteiger partial charge on any atom is 0.287 e. The molecule has 0 aromatic heterocycles. The summed E-state index contributed by atoms with van der Waals surface area (Å²) < 4.78 is 25.7. The van der Waals surface area contributed by atoms with Gasteiger partial charge in [0.15, 0.2) is 0 Å². The lowest BCUT2D eigenvalue weighted by molar-refractivity contribution is -0.0462. The third kappa shape index (κ3) is 4.92. The Bertz CT molecular complexity index is 425. The Morgan fingerprint density at radius 2 is 2.05 bits per heavy atom. The Hall–Kier alpha value is -1.53. The number of amides is 1. The first kappa shape index (κ1) is 15.5. The van der Waals surface area contributed by atoms with Crippen LogP contribution in [0.25, 0.3) is 0 Å². The highest BCUT2D eigenvalue weighted by molar-refractivity contribution is 5.95. The molecule has 0 saturated heterocycles. The van der Waals surface area contributed by atoms with E-state index >= 15 is 0 Å². The van der Waals surface area contributed by atoms with Crippen LogP contribution in [-0.2, 0) is 6.42 Å². The second kappa shape index (κ2) is 7.16. The monoisotopic (exact) mass is 272 g/mol. The highest BCUT2D eigenvalue weighted by Crippen LogP contribution is 2.12. The average Bonchev–Trinajstić information content (AvgIpc) is 2.43. The fourth-order valence-corrected chi connectivity index (χ4v) is 1.58. The second-order valence-electron chi connectivity index (χ2n) is 4.21. The van der Waals surface area contributed by atoms with Gasteiger partial charge in [-0.15, -0.1) is 0 Å². The molecule has 1 amide bonds. The zero-order valence-electron chi connectivity index (χ0n) is 10.7. The van der Waals surface area contributed by atoms with Gasteiger partial charge in [-0.1, -0.05) is 18.2 Å². The summed E-state index contributed by atoms with van der Waals surface area (Å²) in [6, 6.07) is 6.86. The summed E-state index contributed by atoms with van der Waals surface area (Å²) in [6.07, 6.45) is 0.635.